The van der Waals surface area contributed by atoms with E-state index >= 15 is 0 Å². The molecule has 116 valence electrons. The Kier molecular flexibility index (Phi) is 5.09. The SMILES string of the molecule is COC(=O)c1cc(Br)cc(S(=O)(=O)c2cc(C)cc(Br)c2)c1. The summed E-state index contributed by atoms with van der Waals surface area (Å²) in [7, 11) is -2.49. The summed E-state index contributed by atoms with van der Waals surface area (Å²) in [5, 5.41) is 0. The lowest BCUT2D eigenvalue weighted by Crippen LogP contribution is -2.07. The molecule has 0 atom stereocenters. The van der Waals surface area contributed by atoms with Gasteiger partial charge in [0.25, 0.3) is 0 Å². The summed E-state index contributed by atoms with van der Waals surface area (Å²) >= 11 is 6.52. The summed E-state index contributed by atoms with van der Waals surface area (Å²) in [6.07, 6.45) is 0. The van der Waals surface area contributed by atoms with Crippen molar-refractivity contribution in [3.8, 4) is 0 Å². The van der Waals surface area contributed by atoms with Crippen LogP contribution >= 0.6 is 31.9 Å². The second-order valence-electron chi connectivity index (χ2n) is 4.63. The minimum Gasteiger partial charge on any atom is -0.465 e. The molecule has 22 heavy (non-hydrogen) atoms. The number of rotatable bonds is 3. The van der Waals surface area contributed by atoms with Gasteiger partial charge in [-0.1, -0.05) is 31.9 Å². The Hall–Kier alpha value is -1.18. The molecule has 2 aromatic rings. The maximum Gasteiger partial charge on any atom is 0.337 e. The van der Waals surface area contributed by atoms with Crippen molar-refractivity contribution < 1.29 is 17.9 Å². The molecule has 0 N–H and O–H groups in total. The first-order valence-corrected chi connectivity index (χ1v) is 9.22. The molecule has 0 aliphatic rings. The number of carbonyl (C=O) groups is 1. The molecule has 7 heteroatoms. The molecule has 0 saturated heterocycles. The molecule has 0 aliphatic heterocycles. The quantitative estimate of drug-likeness (QED) is 0.663. The van der Waals surface area contributed by atoms with Gasteiger partial charge >= 0.3 is 5.97 Å². The van der Waals surface area contributed by atoms with Crippen molar-refractivity contribution in [2.75, 3.05) is 7.11 Å². The summed E-state index contributed by atoms with van der Waals surface area (Å²) in [5.74, 6) is -0.594. The fourth-order valence-electron chi connectivity index (χ4n) is 1.95. The standard InChI is InChI=1S/C15H12Br2O4S/c1-9-3-11(16)7-13(4-9)22(19,20)14-6-10(15(18)21-2)5-12(17)8-14/h3-8H,1-2H3. The Morgan fingerprint density at radius 1 is 0.955 bits per heavy atom. The van der Waals surface area contributed by atoms with Crippen molar-refractivity contribution in [1.29, 1.82) is 0 Å². The molecule has 0 amide bonds. The zero-order valence-corrected chi connectivity index (χ0v) is 15.7. The molecule has 0 unspecified atom stereocenters. The van der Waals surface area contributed by atoms with Crippen LogP contribution in [0.15, 0.2) is 55.1 Å². The van der Waals surface area contributed by atoms with Gasteiger partial charge in [0.15, 0.2) is 0 Å². The molecule has 0 radical (unpaired) electrons. The van der Waals surface area contributed by atoms with Gasteiger partial charge in [0.1, 0.15) is 0 Å². The number of ether oxygens (including phenoxy) is 1. The number of esters is 1. The third-order valence-corrected chi connectivity index (χ3v) is 5.56. The Labute approximate surface area is 145 Å². The van der Waals surface area contributed by atoms with Gasteiger partial charge in [-0.15, -0.1) is 0 Å². The van der Waals surface area contributed by atoms with E-state index < -0.39 is 15.8 Å². The van der Waals surface area contributed by atoms with E-state index in [1.807, 2.05) is 13.0 Å². The van der Waals surface area contributed by atoms with Crippen LogP contribution in [0.3, 0.4) is 0 Å². The molecule has 0 heterocycles. The second kappa shape index (κ2) is 6.52. The van der Waals surface area contributed by atoms with Crippen LogP contribution in [0.4, 0.5) is 0 Å². The predicted octanol–water partition coefficient (Wildman–Crippen LogP) is 4.14. The number of hydrogen-bond donors (Lipinski definition) is 0. The van der Waals surface area contributed by atoms with Gasteiger partial charge in [-0.2, -0.15) is 0 Å². The number of carbonyl (C=O) groups excluding carboxylic acids is 1. The van der Waals surface area contributed by atoms with Gasteiger partial charge in [0.2, 0.25) is 9.84 Å². The van der Waals surface area contributed by atoms with E-state index in [1.54, 1.807) is 6.07 Å². The lowest BCUT2D eigenvalue weighted by Gasteiger charge is -2.09. The van der Waals surface area contributed by atoms with Crippen LogP contribution in [-0.2, 0) is 14.6 Å². The van der Waals surface area contributed by atoms with Crippen molar-refractivity contribution in [1.82, 2.24) is 0 Å². The van der Waals surface area contributed by atoms with Gasteiger partial charge in [0, 0.05) is 8.95 Å². The zero-order valence-electron chi connectivity index (χ0n) is 11.8. The molecule has 4 nitrogen and oxygen atoms in total. The van der Waals surface area contributed by atoms with E-state index in [1.165, 1.54) is 31.4 Å². The smallest absolute Gasteiger partial charge is 0.337 e. The maximum atomic E-state index is 12.8. The summed E-state index contributed by atoms with van der Waals surface area (Å²) in [6.45, 7) is 1.81. The molecule has 0 saturated carbocycles. The summed E-state index contributed by atoms with van der Waals surface area (Å²) in [6, 6.07) is 9.21. The van der Waals surface area contributed by atoms with E-state index in [9.17, 15) is 13.2 Å². The molecule has 0 aromatic heterocycles. The van der Waals surface area contributed by atoms with Crippen LogP contribution in [0.5, 0.6) is 0 Å². The number of hydrogen-bond acceptors (Lipinski definition) is 4. The van der Waals surface area contributed by atoms with Gasteiger partial charge in [-0.3, -0.25) is 0 Å². The van der Waals surface area contributed by atoms with Gasteiger partial charge < -0.3 is 4.74 Å². The average Bonchev–Trinajstić information content (AvgIpc) is 2.44. The molecule has 0 spiro atoms. The molecular weight excluding hydrogens is 436 g/mol. The number of benzene rings is 2. The monoisotopic (exact) mass is 446 g/mol. The maximum absolute atomic E-state index is 12.8. The minimum absolute atomic E-state index is 0.0276. The second-order valence-corrected chi connectivity index (χ2v) is 8.42. The third-order valence-electron chi connectivity index (χ3n) is 2.93. The summed E-state index contributed by atoms with van der Waals surface area (Å²) in [5.41, 5.74) is 0.985. The fraction of sp³-hybridized carbons (Fsp3) is 0.133. The highest BCUT2D eigenvalue weighted by molar-refractivity contribution is 9.10. The lowest BCUT2D eigenvalue weighted by atomic mass is 10.2. The number of methoxy groups -OCH3 is 1. The highest BCUT2D eigenvalue weighted by atomic mass is 79.9. The first-order chi connectivity index (χ1) is 10.2. The van der Waals surface area contributed by atoms with Crippen molar-refractivity contribution in [3.63, 3.8) is 0 Å². The summed E-state index contributed by atoms with van der Waals surface area (Å²) < 4.78 is 31.3. The number of halogens is 2. The molecule has 0 bridgehead atoms. The van der Waals surface area contributed by atoms with Crippen molar-refractivity contribution in [2.45, 2.75) is 16.7 Å². The van der Waals surface area contributed by atoms with Crippen LogP contribution in [0.2, 0.25) is 0 Å². The molecule has 2 rings (SSSR count). The van der Waals surface area contributed by atoms with Gasteiger partial charge in [-0.05, 0) is 48.9 Å². The highest BCUT2D eigenvalue weighted by Crippen LogP contribution is 2.28. The zero-order chi connectivity index (χ0) is 16.5. The van der Waals surface area contributed by atoms with Crippen molar-refractivity contribution in [3.05, 3.63) is 56.5 Å². The van der Waals surface area contributed by atoms with E-state index in [4.69, 9.17) is 0 Å². The number of aryl methyl sites for hydroxylation is 1. The van der Waals surface area contributed by atoms with Crippen LogP contribution in [0.1, 0.15) is 15.9 Å². The predicted molar refractivity (Wildman–Crippen MR) is 89.8 cm³/mol. The number of sulfone groups is 1. The topological polar surface area (TPSA) is 60.4 Å². The highest BCUT2D eigenvalue weighted by Gasteiger charge is 2.21. The summed E-state index contributed by atoms with van der Waals surface area (Å²) in [4.78, 5) is 11.8. The molecule has 2 aromatic carbocycles. The lowest BCUT2D eigenvalue weighted by molar-refractivity contribution is 0.0600. The van der Waals surface area contributed by atoms with Gasteiger partial charge in [-0.25, -0.2) is 13.2 Å². The molecule has 0 aliphatic carbocycles. The first kappa shape index (κ1) is 17.2. The van der Waals surface area contributed by atoms with Crippen molar-refractivity contribution in [2.24, 2.45) is 0 Å². The normalized spacial score (nSPS) is 11.3. The Balaban J connectivity index is 2.63. The van der Waals surface area contributed by atoms with Crippen molar-refractivity contribution >= 4 is 47.7 Å². The van der Waals surface area contributed by atoms with E-state index in [2.05, 4.69) is 36.6 Å². The fourth-order valence-corrected chi connectivity index (χ4v) is 4.81. The Bertz CT molecular complexity index is 824. The van der Waals surface area contributed by atoms with E-state index in [-0.39, 0.29) is 15.4 Å². The minimum atomic E-state index is -3.74. The van der Waals surface area contributed by atoms with Gasteiger partial charge in [0.05, 0.1) is 22.5 Å². The van der Waals surface area contributed by atoms with Crippen LogP contribution in [0, 0.1) is 6.92 Å². The van der Waals surface area contributed by atoms with E-state index in [0.29, 0.717) is 8.95 Å². The third kappa shape index (κ3) is 3.59. The van der Waals surface area contributed by atoms with Crippen LogP contribution in [0.25, 0.3) is 0 Å². The molecule has 0 fully saturated rings. The average molecular weight is 448 g/mol. The molecular formula is C15H12Br2O4S. The van der Waals surface area contributed by atoms with Crippen LogP contribution < -0.4 is 0 Å². The Morgan fingerprint density at radius 2 is 1.50 bits per heavy atom. The first-order valence-electron chi connectivity index (χ1n) is 6.15. The van der Waals surface area contributed by atoms with E-state index in [0.717, 1.165) is 5.56 Å². The Morgan fingerprint density at radius 3 is 2.05 bits per heavy atom. The van der Waals surface area contributed by atoms with Crippen LogP contribution in [-0.4, -0.2) is 21.5 Å². The largest absolute Gasteiger partial charge is 0.465 e.